The Morgan fingerprint density at radius 1 is 1.09 bits per heavy atom. The van der Waals surface area contributed by atoms with E-state index < -0.39 is 6.04 Å². The standard InChI is InChI=1S/C18H15N3O2/c19-10-14-4-1-3-13(7-14)9-17(12-22)21-18(23)16-6-2-5-15(8-16)11-20/h1-8,17,22H,9,12H2,(H,21,23). The molecule has 0 radical (unpaired) electrons. The van der Waals surface area contributed by atoms with E-state index in [0.29, 0.717) is 23.1 Å². The van der Waals surface area contributed by atoms with E-state index in [1.807, 2.05) is 12.1 Å². The first-order valence-electron chi connectivity index (χ1n) is 7.07. The lowest BCUT2D eigenvalue weighted by atomic mass is 10.0. The van der Waals surface area contributed by atoms with E-state index in [9.17, 15) is 9.90 Å². The number of nitriles is 2. The highest BCUT2D eigenvalue weighted by atomic mass is 16.3. The molecule has 1 amide bonds. The van der Waals surface area contributed by atoms with Crippen molar-refractivity contribution in [2.45, 2.75) is 12.5 Å². The second-order valence-corrected chi connectivity index (χ2v) is 5.06. The Hall–Kier alpha value is -3.15. The fourth-order valence-corrected chi connectivity index (χ4v) is 2.21. The lowest BCUT2D eigenvalue weighted by Crippen LogP contribution is -2.39. The van der Waals surface area contributed by atoms with Gasteiger partial charge in [0.2, 0.25) is 0 Å². The van der Waals surface area contributed by atoms with E-state index in [1.54, 1.807) is 36.4 Å². The fourth-order valence-electron chi connectivity index (χ4n) is 2.21. The normalized spacial score (nSPS) is 11.1. The largest absolute Gasteiger partial charge is 0.394 e. The number of carbonyl (C=O) groups is 1. The highest BCUT2D eigenvalue weighted by molar-refractivity contribution is 5.94. The minimum absolute atomic E-state index is 0.222. The molecule has 0 bridgehead atoms. The average molecular weight is 305 g/mol. The Labute approximate surface area is 134 Å². The molecule has 0 heterocycles. The molecule has 0 saturated carbocycles. The van der Waals surface area contributed by atoms with E-state index in [1.165, 1.54) is 6.07 Å². The summed E-state index contributed by atoms with van der Waals surface area (Å²) in [6.45, 7) is -0.222. The molecule has 1 atom stereocenters. The zero-order valence-electron chi connectivity index (χ0n) is 12.4. The van der Waals surface area contributed by atoms with Crippen molar-refractivity contribution in [3.63, 3.8) is 0 Å². The van der Waals surface area contributed by atoms with Crippen LogP contribution in [0.3, 0.4) is 0 Å². The Kier molecular flexibility index (Phi) is 5.46. The van der Waals surface area contributed by atoms with E-state index in [0.717, 1.165) is 5.56 Å². The van der Waals surface area contributed by atoms with Crippen LogP contribution in [0.5, 0.6) is 0 Å². The van der Waals surface area contributed by atoms with Crippen molar-refractivity contribution in [2.75, 3.05) is 6.61 Å². The highest BCUT2D eigenvalue weighted by Gasteiger charge is 2.14. The van der Waals surface area contributed by atoms with Gasteiger partial charge in [0.25, 0.3) is 5.91 Å². The Morgan fingerprint density at radius 2 is 1.74 bits per heavy atom. The molecule has 5 nitrogen and oxygen atoms in total. The first kappa shape index (κ1) is 16.2. The summed E-state index contributed by atoms with van der Waals surface area (Å²) in [5.74, 6) is -0.349. The van der Waals surface area contributed by atoms with Crippen molar-refractivity contribution in [3.05, 3.63) is 70.8 Å². The molecular weight excluding hydrogens is 290 g/mol. The van der Waals surface area contributed by atoms with Crippen molar-refractivity contribution < 1.29 is 9.90 Å². The van der Waals surface area contributed by atoms with Crippen LogP contribution in [0.25, 0.3) is 0 Å². The SMILES string of the molecule is N#Cc1cccc(CC(CO)NC(=O)c2cccc(C#N)c2)c1. The predicted octanol–water partition coefficient (Wildman–Crippen LogP) is 1.76. The fraction of sp³-hybridized carbons (Fsp3) is 0.167. The number of aliphatic hydroxyl groups is 1. The topological polar surface area (TPSA) is 96.9 Å². The summed E-state index contributed by atoms with van der Waals surface area (Å²) in [5.41, 5.74) is 2.16. The molecule has 1 unspecified atom stereocenters. The van der Waals surface area contributed by atoms with Gasteiger partial charge in [-0.1, -0.05) is 18.2 Å². The third-order valence-electron chi connectivity index (χ3n) is 3.35. The van der Waals surface area contributed by atoms with Crippen LogP contribution in [0.15, 0.2) is 48.5 Å². The van der Waals surface area contributed by atoms with E-state index >= 15 is 0 Å². The van der Waals surface area contributed by atoms with E-state index in [2.05, 4.69) is 11.4 Å². The molecule has 2 N–H and O–H groups in total. The van der Waals surface area contributed by atoms with Crippen molar-refractivity contribution in [1.82, 2.24) is 5.32 Å². The molecule has 0 aliphatic heterocycles. The van der Waals surface area contributed by atoms with Gasteiger partial charge in [-0.3, -0.25) is 4.79 Å². The van der Waals surface area contributed by atoms with Crippen LogP contribution < -0.4 is 5.32 Å². The van der Waals surface area contributed by atoms with Crippen LogP contribution in [0.4, 0.5) is 0 Å². The van der Waals surface area contributed by atoms with Gasteiger partial charge in [-0.2, -0.15) is 10.5 Å². The van der Waals surface area contributed by atoms with Crippen LogP contribution in [0.1, 0.15) is 27.0 Å². The molecule has 2 aromatic rings. The summed E-state index contributed by atoms with van der Waals surface area (Å²) in [7, 11) is 0. The number of aliphatic hydroxyl groups excluding tert-OH is 1. The quantitative estimate of drug-likeness (QED) is 0.879. The first-order chi connectivity index (χ1) is 11.2. The molecule has 114 valence electrons. The van der Waals surface area contributed by atoms with Crippen molar-refractivity contribution in [2.24, 2.45) is 0 Å². The van der Waals surface area contributed by atoms with Gasteiger partial charge >= 0.3 is 0 Å². The molecule has 2 rings (SSSR count). The molecular formula is C18H15N3O2. The molecule has 2 aromatic carbocycles. The minimum Gasteiger partial charge on any atom is -0.394 e. The zero-order chi connectivity index (χ0) is 16.7. The molecule has 5 heteroatoms. The van der Waals surface area contributed by atoms with E-state index in [-0.39, 0.29) is 12.5 Å². The molecule has 0 aliphatic rings. The second kappa shape index (κ2) is 7.74. The van der Waals surface area contributed by atoms with Crippen LogP contribution in [0, 0.1) is 22.7 Å². The Bertz CT molecular complexity index is 787. The summed E-state index contributed by atoms with van der Waals surface area (Å²) in [5, 5.41) is 30.0. The van der Waals surface area contributed by atoms with Gasteiger partial charge < -0.3 is 10.4 Å². The summed E-state index contributed by atoms with van der Waals surface area (Å²) in [6, 6.07) is 17.0. The lowest BCUT2D eigenvalue weighted by molar-refractivity contribution is 0.0916. The number of carbonyl (C=O) groups excluding carboxylic acids is 1. The maximum atomic E-state index is 12.2. The molecule has 0 fully saturated rings. The van der Waals surface area contributed by atoms with Gasteiger partial charge in [-0.25, -0.2) is 0 Å². The number of hydrogen-bond donors (Lipinski definition) is 2. The van der Waals surface area contributed by atoms with Crippen LogP contribution in [-0.4, -0.2) is 23.7 Å². The van der Waals surface area contributed by atoms with Crippen LogP contribution >= 0.6 is 0 Å². The van der Waals surface area contributed by atoms with Crippen molar-refractivity contribution >= 4 is 5.91 Å². The molecule has 0 spiro atoms. The van der Waals surface area contributed by atoms with Gasteiger partial charge in [0.15, 0.2) is 0 Å². The molecule has 0 saturated heterocycles. The predicted molar refractivity (Wildman–Crippen MR) is 84.4 cm³/mol. The third kappa shape index (κ3) is 4.41. The maximum absolute atomic E-state index is 12.2. The Morgan fingerprint density at radius 3 is 2.39 bits per heavy atom. The number of amides is 1. The van der Waals surface area contributed by atoms with Crippen molar-refractivity contribution in [3.8, 4) is 12.1 Å². The number of hydrogen-bond acceptors (Lipinski definition) is 4. The third-order valence-corrected chi connectivity index (χ3v) is 3.35. The monoisotopic (exact) mass is 305 g/mol. The van der Waals surface area contributed by atoms with Crippen LogP contribution in [-0.2, 0) is 6.42 Å². The van der Waals surface area contributed by atoms with Crippen LogP contribution in [0.2, 0.25) is 0 Å². The minimum atomic E-state index is -0.470. The summed E-state index contributed by atoms with van der Waals surface area (Å²) in [6.07, 6.45) is 0.412. The molecule has 23 heavy (non-hydrogen) atoms. The van der Waals surface area contributed by atoms with Gasteiger partial charge in [0, 0.05) is 5.56 Å². The number of nitrogens with one attached hydrogen (secondary N) is 1. The van der Waals surface area contributed by atoms with Crippen molar-refractivity contribution in [1.29, 1.82) is 10.5 Å². The highest BCUT2D eigenvalue weighted by Crippen LogP contribution is 2.09. The van der Waals surface area contributed by atoms with Gasteiger partial charge in [-0.05, 0) is 42.3 Å². The van der Waals surface area contributed by atoms with Gasteiger partial charge in [0.1, 0.15) is 0 Å². The number of rotatable bonds is 5. The number of nitrogens with zero attached hydrogens (tertiary/aromatic N) is 2. The Balaban J connectivity index is 2.08. The lowest BCUT2D eigenvalue weighted by Gasteiger charge is -2.16. The summed E-state index contributed by atoms with van der Waals surface area (Å²) < 4.78 is 0. The smallest absolute Gasteiger partial charge is 0.251 e. The summed E-state index contributed by atoms with van der Waals surface area (Å²) >= 11 is 0. The first-order valence-corrected chi connectivity index (χ1v) is 7.07. The zero-order valence-corrected chi connectivity index (χ0v) is 12.4. The molecule has 0 aromatic heterocycles. The summed E-state index contributed by atoms with van der Waals surface area (Å²) in [4.78, 5) is 12.2. The number of benzene rings is 2. The van der Waals surface area contributed by atoms with E-state index in [4.69, 9.17) is 10.5 Å². The molecule has 0 aliphatic carbocycles. The van der Waals surface area contributed by atoms with Gasteiger partial charge in [0.05, 0.1) is 35.9 Å². The second-order valence-electron chi connectivity index (χ2n) is 5.06. The average Bonchev–Trinajstić information content (AvgIpc) is 2.61. The van der Waals surface area contributed by atoms with Gasteiger partial charge in [-0.15, -0.1) is 0 Å². The maximum Gasteiger partial charge on any atom is 0.251 e.